The Morgan fingerprint density at radius 2 is 1.57 bits per heavy atom. The minimum atomic E-state index is -0.494. The summed E-state index contributed by atoms with van der Waals surface area (Å²) in [5, 5.41) is 8.66. The van der Waals surface area contributed by atoms with Crippen LogP contribution in [0.4, 0.5) is 17.1 Å². The number of rotatable bonds is 8. The number of hydrogen-bond acceptors (Lipinski definition) is 5. The molecule has 0 saturated carbocycles. The summed E-state index contributed by atoms with van der Waals surface area (Å²) in [5.41, 5.74) is 1.90. The van der Waals surface area contributed by atoms with Crippen LogP contribution in [-0.4, -0.2) is 30.9 Å². The molecule has 0 spiro atoms. The van der Waals surface area contributed by atoms with Gasteiger partial charge in [0.25, 0.3) is 0 Å². The molecule has 0 bridgehead atoms. The molecular weight excluding hydrogens is 382 g/mol. The molecule has 7 heteroatoms. The molecule has 0 aliphatic rings. The first-order chi connectivity index (χ1) is 14.2. The van der Waals surface area contributed by atoms with Crippen molar-refractivity contribution in [3.63, 3.8) is 0 Å². The first-order valence-electron chi connectivity index (χ1n) is 9.91. The third kappa shape index (κ3) is 7.24. The minimum Gasteiger partial charge on any atom is -0.462 e. The van der Waals surface area contributed by atoms with E-state index in [9.17, 15) is 14.4 Å². The van der Waals surface area contributed by atoms with Crippen LogP contribution < -0.4 is 16.0 Å². The number of carbonyl (C=O) groups excluding carboxylic acids is 3. The lowest BCUT2D eigenvalue weighted by molar-refractivity contribution is -0.123. The Labute approximate surface area is 177 Å². The van der Waals surface area contributed by atoms with Gasteiger partial charge in [0.15, 0.2) is 0 Å². The van der Waals surface area contributed by atoms with Gasteiger partial charge in [-0.3, -0.25) is 9.59 Å². The highest BCUT2D eigenvalue weighted by Crippen LogP contribution is 2.20. The lowest BCUT2D eigenvalue weighted by Gasteiger charge is -2.18. The summed E-state index contributed by atoms with van der Waals surface area (Å²) in [6.07, 6.45) is 0.763. The van der Waals surface area contributed by atoms with Crippen molar-refractivity contribution >= 4 is 34.8 Å². The van der Waals surface area contributed by atoms with Crippen molar-refractivity contribution < 1.29 is 19.1 Å². The van der Waals surface area contributed by atoms with Gasteiger partial charge in [-0.2, -0.15) is 0 Å². The SMILES string of the molecule is CCCOC(=O)c1ccc(NC(=O)CNc2cccc(NC(=O)C(C)(C)C)c2)cc1. The quantitative estimate of drug-likeness (QED) is 0.563. The molecule has 7 nitrogen and oxygen atoms in total. The molecule has 2 aromatic rings. The first-order valence-corrected chi connectivity index (χ1v) is 9.91. The van der Waals surface area contributed by atoms with E-state index in [1.807, 2.05) is 33.8 Å². The van der Waals surface area contributed by atoms with E-state index in [4.69, 9.17) is 4.74 Å². The predicted molar refractivity (Wildman–Crippen MR) is 119 cm³/mol. The van der Waals surface area contributed by atoms with E-state index in [-0.39, 0.29) is 24.3 Å². The van der Waals surface area contributed by atoms with Crippen molar-refractivity contribution in [2.75, 3.05) is 29.1 Å². The second-order valence-electron chi connectivity index (χ2n) is 7.90. The van der Waals surface area contributed by atoms with E-state index in [0.717, 1.165) is 6.42 Å². The molecule has 0 fully saturated rings. The number of esters is 1. The average Bonchev–Trinajstić information content (AvgIpc) is 2.70. The van der Waals surface area contributed by atoms with Gasteiger partial charge < -0.3 is 20.7 Å². The second kappa shape index (κ2) is 10.4. The van der Waals surface area contributed by atoms with Gasteiger partial charge in [-0.15, -0.1) is 0 Å². The van der Waals surface area contributed by atoms with Gasteiger partial charge in [0.1, 0.15) is 0 Å². The van der Waals surface area contributed by atoms with Gasteiger partial charge >= 0.3 is 5.97 Å². The van der Waals surface area contributed by atoms with Crippen LogP contribution >= 0.6 is 0 Å². The number of ether oxygens (including phenoxy) is 1. The van der Waals surface area contributed by atoms with E-state index in [1.54, 1.807) is 42.5 Å². The molecular formula is C23H29N3O4. The number of anilines is 3. The molecule has 0 unspecified atom stereocenters. The van der Waals surface area contributed by atoms with Gasteiger partial charge in [-0.25, -0.2) is 4.79 Å². The van der Waals surface area contributed by atoms with Crippen molar-refractivity contribution in [2.45, 2.75) is 34.1 Å². The number of carbonyl (C=O) groups is 3. The highest BCUT2D eigenvalue weighted by atomic mass is 16.5. The molecule has 2 rings (SSSR count). The Hall–Kier alpha value is -3.35. The van der Waals surface area contributed by atoms with Crippen LogP contribution in [0, 0.1) is 5.41 Å². The van der Waals surface area contributed by atoms with Crippen LogP contribution in [-0.2, 0) is 14.3 Å². The summed E-state index contributed by atoms with van der Waals surface area (Å²) in [4.78, 5) is 36.1. The second-order valence-corrected chi connectivity index (χ2v) is 7.90. The number of benzene rings is 2. The van der Waals surface area contributed by atoms with Gasteiger partial charge in [0.2, 0.25) is 11.8 Å². The van der Waals surface area contributed by atoms with Crippen molar-refractivity contribution in [3.8, 4) is 0 Å². The van der Waals surface area contributed by atoms with E-state index in [1.165, 1.54) is 0 Å². The minimum absolute atomic E-state index is 0.0525. The topological polar surface area (TPSA) is 96.5 Å². The fourth-order valence-corrected chi connectivity index (χ4v) is 2.38. The van der Waals surface area contributed by atoms with Crippen molar-refractivity contribution in [2.24, 2.45) is 5.41 Å². The molecule has 0 saturated heterocycles. The number of hydrogen-bond donors (Lipinski definition) is 3. The smallest absolute Gasteiger partial charge is 0.338 e. The standard InChI is InChI=1S/C23H29N3O4/c1-5-13-30-21(28)16-9-11-17(12-10-16)25-20(27)15-24-18-7-6-8-19(14-18)26-22(29)23(2,3)4/h6-12,14,24H,5,13,15H2,1-4H3,(H,25,27)(H,26,29). The zero-order chi connectivity index (χ0) is 22.1. The highest BCUT2D eigenvalue weighted by Gasteiger charge is 2.21. The zero-order valence-corrected chi connectivity index (χ0v) is 17.9. The van der Waals surface area contributed by atoms with Crippen LogP contribution in [0.25, 0.3) is 0 Å². The monoisotopic (exact) mass is 411 g/mol. The van der Waals surface area contributed by atoms with Gasteiger partial charge in [0.05, 0.1) is 18.7 Å². The summed E-state index contributed by atoms with van der Waals surface area (Å²) in [7, 11) is 0. The lowest BCUT2D eigenvalue weighted by Crippen LogP contribution is -2.27. The molecule has 0 heterocycles. The van der Waals surface area contributed by atoms with Gasteiger partial charge in [-0.1, -0.05) is 33.8 Å². The van der Waals surface area contributed by atoms with Crippen LogP contribution in [0.3, 0.4) is 0 Å². The summed E-state index contributed by atoms with van der Waals surface area (Å²) < 4.78 is 5.08. The van der Waals surface area contributed by atoms with E-state index in [2.05, 4.69) is 16.0 Å². The number of nitrogens with one attached hydrogen (secondary N) is 3. The molecule has 3 N–H and O–H groups in total. The van der Waals surface area contributed by atoms with Crippen LogP contribution in [0.1, 0.15) is 44.5 Å². The Balaban J connectivity index is 1.87. The largest absolute Gasteiger partial charge is 0.462 e. The van der Waals surface area contributed by atoms with Crippen molar-refractivity contribution in [3.05, 3.63) is 54.1 Å². The third-order valence-corrected chi connectivity index (χ3v) is 4.10. The molecule has 0 aromatic heterocycles. The molecule has 2 aromatic carbocycles. The van der Waals surface area contributed by atoms with Crippen LogP contribution in [0.15, 0.2) is 48.5 Å². The van der Waals surface area contributed by atoms with E-state index >= 15 is 0 Å². The Bertz CT molecular complexity index is 886. The fourth-order valence-electron chi connectivity index (χ4n) is 2.38. The molecule has 30 heavy (non-hydrogen) atoms. The first kappa shape index (κ1) is 22.9. The summed E-state index contributed by atoms with van der Waals surface area (Å²) in [5.74, 6) is -0.699. The van der Waals surface area contributed by atoms with Gasteiger partial charge in [0, 0.05) is 22.5 Å². The maximum atomic E-state index is 12.2. The Morgan fingerprint density at radius 3 is 2.20 bits per heavy atom. The summed E-state index contributed by atoms with van der Waals surface area (Å²) in [6, 6.07) is 13.7. The predicted octanol–water partition coefficient (Wildman–Crippen LogP) is 4.29. The van der Waals surface area contributed by atoms with Crippen molar-refractivity contribution in [1.82, 2.24) is 0 Å². The Kier molecular flexibility index (Phi) is 7.98. The normalized spacial score (nSPS) is 10.8. The lowest BCUT2D eigenvalue weighted by atomic mass is 9.95. The van der Waals surface area contributed by atoms with Crippen molar-refractivity contribution in [1.29, 1.82) is 0 Å². The third-order valence-electron chi connectivity index (χ3n) is 4.10. The number of amides is 2. The maximum Gasteiger partial charge on any atom is 0.338 e. The molecule has 0 atom stereocenters. The van der Waals surface area contributed by atoms with Crippen LogP contribution in [0.2, 0.25) is 0 Å². The maximum absolute atomic E-state index is 12.2. The highest BCUT2D eigenvalue weighted by molar-refractivity contribution is 5.96. The van der Waals surface area contributed by atoms with Crippen LogP contribution in [0.5, 0.6) is 0 Å². The zero-order valence-electron chi connectivity index (χ0n) is 17.9. The summed E-state index contributed by atoms with van der Waals surface area (Å²) in [6.45, 7) is 7.89. The van der Waals surface area contributed by atoms with E-state index < -0.39 is 5.41 Å². The molecule has 0 aliphatic heterocycles. The molecule has 0 aliphatic carbocycles. The Morgan fingerprint density at radius 1 is 0.900 bits per heavy atom. The molecule has 2 amide bonds. The van der Waals surface area contributed by atoms with Gasteiger partial charge in [-0.05, 0) is 48.9 Å². The average molecular weight is 412 g/mol. The molecule has 160 valence electrons. The molecule has 0 radical (unpaired) electrons. The fraction of sp³-hybridized carbons (Fsp3) is 0.348. The van der Waals surface area contributed by atoms with E-state index in [0.29, 0.717) is 29.2 Å². The summed E-state index contributed by atoms with van der Waals surface area (Å²) >= 11 is 0.